The van der Waals surface area contributed by atoms with Crippen LogP contribution in [0.3, 0.4) is 0 Å². The highest BCUT2D eigenvalue weighted by Crippen LogP contribution is 2.24. The standard InChI is InChI=1S/C9H11ClO3/c1-9(2)4-6(11)3-8(13-9)7(12)5-10/h3H,4-5H2,1-2H3. The van der Waals surface area contributed by atoms with Crippen molar-refractivity contribution in [2.45, 2.75) is 25.9 Å². The van der Waals surface area contributed by atoms with Crippen LogP contribution in [0.2, 0.25) is 0 Å². The summed E-state index contributed by atoms with van der Waals surface area (Å²) >= 11 is 5.34. The van der Waals surface area contributed by atoms with Gasteiger partial charge < -0.3 is 4.74 Å². The Morgan fingerprint density at radius 2 is 2.31 bits per heavy atom. The Morgan fingerprint density at radius 1 is 1.69 bits per heavy atom. The summed E-state index contributed by atoms with van der Waals surface area (Å²) in [5.41, 5.74) is -0.594. The zero-order valence-electron chi connectivity index (χ0n) is 7.59. The minimum absolute atomic E-state index is 0.0799. The van der Waals surface area contributed by atoms with E-state index in [4.69, 9.17) is 16.3 Å². The van der Waals surface area contributed by atoms with Gasteiger partial charge in [-0.15, -0.1) is 11.6 Å². The Balaban J connectivity index is 2.87. The number of Topliss-reactive ketones (excluding diaryl/α,β-unsaturated/α-hetero) is 1. The fourth-order valence-corrected chi connectivity index (χ4v) is 1.32. The zero-order chi connectivity index (χ0) is 10.1. The van der Waals surface area contributed by atoms with E-state index >= 15 is 0 Å². The Morgan fingerprint density at radius 3 is 2.77 bits per heavy atom. The second kappa shape index (κ2) is 3.50. The maximum Gasteiger partial charge on any atom is 0.212 e. The molecular weight excluding hydrogens is 192 g/mol. The Bertz CT molecular complexity index is 279. The molecule has 0 atom stereocenters. The molecule has 0 amide bonds. The van der Waals surface area contributed by atoms with E-state index in [1.807, 2.05) is 0 Å². The monoisotopic (exact) mass is 202 g/mol. The summed E-state index contributed by atoms with van der Waals surface area (Å²) in [5, 5.41) is 0. The van der Waals surface area contributed by atoms with Gasteiger partial charge in [-0.1, -0.05) is 0 Å². The van der Waals surface area contributed by atoms with Crippen molar-refractivity contribution in [3.8, 4) is 0 Å². The normalized spacial score (nSPS) is 20.5. The van der Waals surface area contributed by atoms with Gasteiger partial charge in [0.15, 0.2) is 11.5 Å². The first-order valence-electron chi connectivity index (χ1n) is 3.97. The molecule has 4 heteroatoms. The summed E-state index contributed by atoms with van der Waals surface area (Å²) in [6.45, 7) is 3.53. The van der Waals surface area contributed by atoms with E-state index in [0.717, 1.165) is 0 Å². The van der Waals surface area contributed by atoms with Gasteiger partial charge in [0.05, 0.1) is 5.88 Å². The lowest BCUT2D eigenvalue weighted by Gasteiger charge is -2.29. The highest BCUT2D eigenvalue weighted by Gasteiger charge is 2.31. The molecule has 0 aromatic heterocycles. The summed E-state index contributed by atoms with van der Waals surface area (Å²) in [7, 11) is 0. The van der Waals surface area contributed by atoms with Crippen molar-refractivity contribution >= 4 is 23.2 Å². The SMILES string of the molecule is CC1(C)CC(=O)C=C(C(=O)CCl)O1. The number of alkyl halides is 1. The van der Waals surface area contributed by atoms with E-state index in [9.17, 15) is 9.59 Å². The number of carbonyl (C=O) groups excluding carboxylic acids is 2. The molecule has 0 aromatic carbocycles. The van der Waals surface area contributed by atoms with Crippen molar-refractivity contribution in [2.75, 3.05) is 5.88 Å². The molecule has 0 saturated carbocycles. The van der Waals surface area contributed by atoms with Crippen LogP contribution in [-0.2, 0) is 14.3 Å². The number of ketones is 2. The van der Waals surface area contributed by atoms with Crippen LogP contribution in [-0.4, -0.2) is 23.0 Å². The van der Waals surface area contributed by atoms with E-state index in [-0.39, 0.29) is 23.2 Å². The van der Waals surface area contributed by atoms with Gasteiger partial charge in [0.1, 0.15) is 5.60 Å². The number of hydrogen-bond donors (Lipinski definition) is 0. The number of allylic oxidation sites excluding steroid dienone is 2. The number of ether oxygens (including phenoxy) is 1. The maximum atomic E-state index is 11.2. The molecule has 0 unspecified atom stereocenters. The van der Waals surface area contributed by atoms with Gasteiger partial charge in [-0.2, -0.15) is 0 Å². The van der Waals surface area contributed by atoms with E-state index in [1.165, 1.54) is 6.08 Å². The second-order valence-electron chi connectivity index (χ2n) is 3.57. The van der Waals surface area contributed by atoms with Crippen LogP contribution < -0.4 is 0 Å². The van der Waals surface area contributed by atoms with Crippen molar-refractivity contribution < 1.29 is 14.3 Å². The molecule has 13 heavy (non-hydrogen) atoms. The van der Waals surface area contributed by atoms with Gasteiger partial charge in [0.2, 0.25) is 5.78 Å². The first-order valence-corrected chi connectivity index (χ1v) is 4.51. The lowest BCUT2D eigenvalue weighted by atomic mass is 9.98. The molecule has 0 spiro atoms. The summed E-state index contributed by atoms with van der Waals surface area (Å²) in [6.07, 6.45) is 1.52. The van der Waals surface area contributed by atoms with E-state index in [2.05, 4.69) is 0 Å². The highest BCUT2D eigenvalue weighted by molar-refractivity contribution is 6.30. The van der Waals surface area contributed by atoms with Crippen molar-refractivity contribution in [3.05, 3.63) is 11.8 Å². The van der Waals surface area contributed by atoms with Gasteiger partial charge >= 0.3 is 0 Å². The minimum Gasteiger partial charge on any atom is -0.483 e. The van der Waals surface area contributed by atoms with Crippen LogP contribution in [0, 0.1) is 0 Å². The quantitative estimate of drug-likeness (QED) is 0.637. The molecule has 0 fully saturated rings. The van der Waals surface area contributed by atoms with E-state index in [1.54, 1.807) is 13.8 Å². The van der Waals surface area contributed by atoms with Crippen molar-refractivity contribution in [3.63, 3.8) is 0 Å². The van der Waals surface area contributed by atoms with Crippen LogP contribution in [0.1, 0.15) is 20.3 Å². The Labute approximate surface area is 81.7 Å². The molecule has 0 aliphatic carbocycles. The van der Waals surface area contributed by atoms with Crippen LogP contribution in [0.25, 0.3) is 0 Å². The molecule has 3 nitrogen and oxygen atoms in total. The van der Waals surface area contributed by atoms with E-state index < -0.39 is 5.60 Å². The summed E-state index contributed by atoms with van der Waals surface area (Å²) < 4.78 is 5.30. The summed E-state index contributed by atoms with van der Waals surface area (Å²) in [4.78, 5) is 22.3. The molecule has 72 valence electrons. The lowest BCUT2D eigenvalue weighted by Crippen LogP contribution is -2.33. The third-order valence-electron chi connectivity index (χ3n) is 1.67. The summed E-state index contributed by atoms with van der Waals surface area (Å²) in [5.74, 6) is -0.515. The number of hydrogen-bond acceptors (Lipinski definition) is 3. The second-order valence-corrected chi connectivity index (χ2v) is 3.84. The van der Waals surface area contributed by atoms with Crippen LogP contribution >= 0.6 is 11.6 Å². The molecule has 1 aliphatic heterocycles. The maximum absolute atomic E-state index is 11.2. The first-order chi connectivity index (χ1) is 5.94. The predicted molar refractivity (Wildman–Crippen MR) is 48.6 cm³/mol. The predicted octanol–water partition coefficient (Wildman–Crippen LogP) is 1.45. The van der Waals surface area contributed by atoms with Gasteiger partial charge in [-0.3, -0.25) is 9.59 Å². The van der Waals surface area contributed by atoms with Crippen molar-refractivity contribution in [1.82, 2.24) is 0 Å². The Kier molecular flexibility index (Phi) is 2.76. The van der Waals surface area contributed by atoms with Crippen molar-refractivity contribution in [1.29, 1.82) is 0 Å². The van der Waals surface area contributed by atoms with Crippen LogP contribution in [0.15, 0.2) is 11.8 Å². The third kappa shape index (κ3) is 2.56. The van der Waals surface area contributed by atoms with Crippen LogP contribution in [0.4, 0.5) is 0 Å². The largest absolute Gasteiger partial charge is 0.483 e. The first kappa shape index (κ1) is 10.3. The fraction of sp³-hybridized carbons (Fsp3) is 0.556. The van der Waals surface area contributed by atoms with Gasteiger partial charge in [0.25, 0.3) is 0 Å². The number of halogens is 1. The number of rotatable bonds is 2. The lowest BCUT2D eigenvalue weighted by molar-refractivity contribution is -0.128. The van der Waals surface area contributed by atoms with Gasteiger partial charge in [0, 0.05) is 12.5 Å². The smallest absolute Gasteiger partial charge is 0.212 e. The topological polar surface area (TPSA) is 43.4 Å². The average molecular weight is 203 g/mol. The third-order valence-corrected chi connectivity index (χ3v) is 1.92. The highest BCUT2D eigenvalue weighted by atomic mass is 35.5. The molecule has 0 saturated heterocycles. The van der Waals surface area contributed by atoms with Crippen molar-refractivity contribution in [2.24, 2.45) is 0 Å². The minimum atomic E-state index is -0.594. The Hall–Kier alpha value is -0.830. The van der Waals surface area contributed by atoms with Gasteiger partial charge in [-0.05, 0) is 13.8 Å². The molecule has 1 heterocycles. The average Bonchev–Trinajstić information content (AvgIpc) is 1.99. The number of carbonyl (C=O) groups is 2. The molecule has 0 aromatic rings. The molecule has 0 N–H and O–H groups in total. The molecule has 0 bridgehead atoms. The van der Waals surface area contributed by atoms with E-state index in [0.29, 0.717) is 6.42 Å². The van der Waals surface area contributed by atoms with Gasteiger partial charge in [-0.25, -0.2) is 0 Å². The molecule has 0 radical (unpaired) electrons. The summed E-state index contributed by atoms with van der Waals surface area (Å²) in [6, 6.07) is 0. The van der Waals surface area contributed by atoms with Crippen LogP contribution in [0.5, 0.6) is 0 Å². The fourth-order valence-electron chi connectivity index (χ4n) is 1.18. The molecule has 1 rings (SSSR count). The zero-order valence-corrected chi connectivity index (χ0v) is 8.35. The molecule has 1 aliphatic rings. The molecular formula is C9H11ClO3.